The highest BCUT2D eigenvalue weighted by atomic mass is 32.2. The number of aromatic nitrogens is 2. The minimum atomic E-state index is -3.87. The van der Waals surface area contributed by atoms with E-state index < -0.39 is 62.8 Å². The van der Waals surface area contributed by atoms with Gasteiger partial charge in [-0.1, -0.05) is 46.5 Å². The molecule has 2 aromatic heterocycles. The minimum absolute atomic E-state index is 0.0283. The van der Waals surface area contributed by atoms with E-state index in [2.05, 4.69) is 26.4 Å². The molecular weight excluding hydrogens is 765 g/mol. The number of amides is 4. The van der Waals surface area contributed by atoms with E-state index in [1.807, 2.05) is 43.5 Å². The number of aryl methyl sites for hydroxylation is 1. The molecule has 4 amide bonds. The Bertz CT molecular complexity index is 2210. The predicted octanol–water partition coefficient (Wildman–Crippen LogP) is 4.78. The molecule has 58 heavy (non-hydrogen) atoms. The molecule has 3 aromatic rings. The number of hydrogen-bond donors (Lipinski definition) is 3. The van der Waals surface area contributed by atoms with Gasteiger partial charge in [-0.3, -0.25) is 23.5 Å². The Balaban J connectivity index is 1.17. The van der Waals surface area contributed by atoms with Crippen molar-refractivity contribution in [3.8, 4) is 11.5 Å². The fraction of sp³-hybridized carbons (Fsp3) is 0.643. The third-order valence-corrected chi connectivity index (χ3v) is 14.9. The number of pyridine rings is 1. The van der Waals surface area contributed by atoms with Crippen molar-refractivity contribution in [2.24, 2.45) is 17.3 Å². The van der Waals surface area contributed by atoms with Gasteiger partial charge in [0.15, 0.2) is 0 Å². The molecule has 2 aliphatic heterocycles. The highest BCUT2D eigenvalue weighted by Crippen LogP contribution is 2.47. The third kappa shape index (κ3) is 7.92. The van der Waals surface area contributed by atoms with E-state index in [1.54, 1.807) is 13.3 Å². The number of carbonyl (C=O) groups excluding carboxylic acids is 4. The number of methoxy groups -OCH3 is 1. The number of nitrogens with zero attached hydrogens (tertiary/aromatic N) is 3. The normalized spacial score (nSPS) is 28.2. The Morgan fingerprint density at radius 2 is 1.84 bits per heavy atom. The number of nitrogens with one attached hydrogen (secondary N) is 3. The first-order valence-electron chi connectivity index (χ1n) is 21.0. The van der Waals surface area contributed by atoms with E-state index in [0.29, 0.717) is 37.1 Å². The molecule has 0 spiro atoms. The Hall–Kier alpha value is -4.60. The van der Waals surface area contributed by atoms with Gasteiger partial charge in [-0.15, -0.1) is 0 Å². The van der Waals surface area contributed by atoms with E-state index in [4.69, 9.17) is 14.2 Å². The number of fused-ring (bicyclic) bond motifs is 5. The number of carbonyl (C=O) groups is 4. The van der Waals surface area contributed by atoms with E-state index in [0.717, 1.165) is 67.2 Å². The second-order valence-corrected chi connectivity index (χ2v) is 19.8. The van der Waals surface area contributed by atoms with Gasteiger partial charge in [0.2, 0.25) is 21.8 Å². The van der Waals surface area contributed by atoms with Gasteiger partial charge in [-0.25, -0.2) is 18.2 Å². The highest BCUT2D eigenvalue weighted by Gasteiger charge is 2.62. The summed E-state index contributed by atoms with van der Waals surface area (Å²) in [4.78, 5) is 62.9. The molecule has 4 bridgehead atoms. The molecule has 3 aliphatic carbocycles. The molecule has 5 atom stereocenters. The summed E-state index contributed by atoms with van der Waals surface area (Å²) in [5, 5.41) is 6.07. The van der Waals surface area contributed by atoms with Crippen LogP contribution in [0.1, 0.15) is 103 Å². The Kier molecular flexibility index (Phi) is 10.8. The van der Waals surface area contributed by atoms with Crippen LogP contribution in [0.4, 0.5) is 4.79 Å². The van der Waals surface area contributed by atoms with Gasteiger partial charge in [0.05, 0.1) is 31.0 Å². The monoisotopic (exact) mass is 820 g/mol. The summed E-state index contributed by atoms with van der Waals surface area (Å²) in [5.41, 5.74) is 0.660. The second kappa shape index (κ2) is 15.5. The van der Waals surface area contributed by atoms with Gasteiger partial charge in [0.1, 0.15) is 40.9 Å². The molecule has 4 heterocycles. The van der Waals surface area contributed by atoms with Gasteiger partial charge < -0.3 is 29.7 Å². The lowest BCUT2D eigenvalue weighted by Crippen LogP contribution is -2.59. The number of sulfonamides is 1. The molecule has 314 valence electrons. The van der Waals surface area contributed by atoms with Crippen molar-refractivity contribution >= 4 is 50.4 Å². The zero-order valence-electron chi connectivity index (χ0n) is 33.9. The quantitative estimate of drug-likeness (QED) is 0.286. The number of rotatable bonds is 8. The van der Waals surface area contributed by atoms with Crippen molar-refractivity contribution in [1.82, 2.24) is 29.6 Å². The van der Waals surface area contributed by atoms with Gasteiger partial charge >= 0.3 is 6.09 Å². The SMILES string of the molecule is CC[C@@H]1C[C@]1(NC(=O)[C@@H]1C[C@@H]2CN1C(=O)[C@H](C1CCCCC1)NC(=O)OCC(C)(C)CCCc1cc3c(cc4nccn4c3cc1OC)O2)C(=O)NS(=O)(=O)C1CC1. The maximum absolute atomic E-state index is 15.0. The van der Waals surface area contributed by atoms with E-state index in [-0.39, 0.29) is 43.2 Å². The van der Waals surface area contributed by atoms with Crippen molar-refractivity contribution in [3.63, 3.8) is 0 Å². The average Bonchev–Trinajstić information content (AvgIpc) is 4.09. The van der Waals surface area contributed by atoms with Crippen molar-refractivity contribution in [3.05, 3.63) is 36.2 Å². The largest absolute Gasteiger partial charge is 0.496 e. The molecule has 1 aromatic carbocycles. The molecule has 4 fully saturated rings. The number of benzene rings is 1. The summed E-state index contributed by atoms with van der Waals surface area (Å²) < 4.78 is 48.4. The van der Waals surface area contributed by atoms with Crippen LogP contribution in [0, 0.1) is 17.3 Å². The van der Waals surface area contributed by atoms with Crippen LogP contribution in [-0.4, -0.2) is 95.8 Å². The number of cyclic esters (lactones) is 1. The first kappa shape index (κ1) is 40.2. The van der Waals surface area contributed by atoms with Crippen LogP contribution in [0.25, 0.3) is 16.6 Å². The Labute approximate surface area is 339 Å². The zero-order valence-corrected chi connectivity index (χ0v) is 34.7. The third-order valence-electron chi connectivity index (χ3n) is 13.1. The average molecular weight is 821 g/mol. The maximum Gasteiger partial charge on any atom is 0.407 e. The predicted molar refractivity (Wildman–Crippen MR) is 215 cm³/mol. The van der Waals surface area contributed by atoms with E-state index >= 15 is 0 Å². The molecule has 5 aliphatic rings. The Morgan fingerprint density at radius 1 is 1.07 bits per heavy atom. The molecule has 3 saturated carbocycles. The first-order valence-corrected chi connectivity index (χ1v) is 22.5. The fourth-order valence-electron chi connectivity index (χ4n) is 9.45. The maximum atomic E-state index is 15.0. The molecule has 15 nitrogen and oxygen atoms in total. The topological polar surface area (TPSA) is 187 Å². The second-order valence-electron chi connectivity index (χ2n) is 17.9. The lowest BCUT2D eigenvalue weighted by Gasteiger charge is -2.35. The lowest BCUT2D eigenvalue weighted by atomic mass is 9.83. The number of alkyl carbamates (subject to hydrolysis) is 1. The molecule has 1 saturated heterocycles. The van der Waals surface area contributed by atoms with Crippen LogP contribution in [0.3, 0.4) is 0 Å². The van der Waals surface area contributed by atoms with Gasteiger partial charge in [0.25, 0.3) is 5.91 Å². The summed E-state index contributed by atoms with van der Waals surface area (Å²) in [7, 11) is -2.23. The van der Waals surface area contributed by atoms with Crippen molar-refractivity contribution in [1.29, 1.82) is 0 Å². The highest BCUT2D eigenvalue weighted by molar-refractivity contribution is 7.91. The Morgan fingerprint density at radius 3 is 2.55 bits per heavy atom. The summed E-state index contributed by atoms with van der Waals surface area (Å²) >= 11 is 0. The fourth-order valence-corrected chi connectivity index (χ4v) is 10.8. The molecule has 8 rings (SSSR count). The number of imidazole rings is 1. The number of ether oxygens (including phenoxy) is 3. The van der Waals surface area contributed by atoms with E-state index in [1.165, 1.54) is 4.90 Å². The van der Waals surface area contributed by atoms with Crippen LogP contribution in [-0.2, 0) is 35.6 Å². The zero-order chi connectivity index (χ0) is 41.0. The van der Waals surface area contributed by atoms with Crippen LogP contribution in [0.5, 0.6) is 11.5 Å². The summed E-state index contributed by atoms with van der Waals surface area (Å²) in [6.07, 6.45) is 10.7. The van der Waals surface area contributed by atoms with Gasteiger partial charge in [0, 0.05) is 36.3 Å². The summed E-state index contributed by atoms with van der Waals surface area (Å²) in [6.45, 7) is 6.16. The lowest BCUT2D eigenvalue weighted by molar-refractivity contribution is -0.142. The number of hydrogen-bond acceptors (Lipinski definition) is 10. The minimum Gasteiger partial charge on any atom is -0.496 e. The standard InChI is InChI=1S/C42H56N6O9S/c1-5-27-22-42(27,39(51)46-58(53,54)29-13-14-29)45-37(49)32-19-28-23-48(32)38(50)36(25-10-7-6-8-11-25)44-40(52)56-24-41(2,3)15-9-12-26-18-30-31(20-33(26)55-4)47-17-16-43-35(47)21-34(30)57-28/h16-18,20-21,25,27-29,32,36H,5-15,19,22-24H2,1-4H3,(H,44,52)(H,45,49)(H,46,51)/t27-,28-,32+,36+,42-/m1/s1. The van der Waals surface area contributed by atoms with Crippen LogP contribution in [0.2, 0.25) is 0 Å². The summed E-state index contributed by atoms with van der Waals surface area (Å²) in [6, 6.07) is 3.87. The van der Waals surface area contributed by atoms with Crippen molar-refractivity contribution in [2.75, 3.05) is 20.3 Å². The van der Waals surface area contributed by atoms with Crippen LogP contribution >= 0.6 is 0 Å². The van der Waals surface area contributed by atoms with Crippen LogP contribution < -0.4 is 24.8 Å². The molecule has 0 radical (unpaired) electrons. The van der Waals surface area contributed by atoms with Crippen molar-refractivity contribution < 1.29 is 41.8 Å². The first-order chi connectivity index (χ1) is 27.7. The van der Waals surface area contributed by atoms with Crippen molar-refractivity contribution in [2.45, 2.75) is 133 Å². The van der Waals surface area contributed by atoms with E-state index in [9.17, 15) is 27.6 Å². The van der Waals surface area contributed by atoms with Crippen LogP contribution in [0.15, 0.2) is 30.6 Å². The molecule has 3 N–H and O–H groups in total. The van der Waals surface area contributed by atoms with Gasteiger partial charge in [-0.2, -0.15) is 0 Å². The summed E-state index contributed by atoms with van der Waals surface area (Å²) in [5.74, 6) is -0.939. The molecule has 16 heteroatoms. The van der Waals surface area contributed by atoms with Gasteiger partial charge in [-0.05, 0) is 80.2 Å². The smallest absolute Gasteiger partial charge is 0.407 e. The molecule has 0 unspecified atom stereocenters. The molecular formula is C42H56N6O9S.